The number of aromatic hydroxyl groups is 1. The highest BCUT2D eigenvalue weighted by molar-refractivity contribution is 6.33. The molecule has 3 rings (SSSR count). The number of ketones is 1. The molecule has 114 valence electrons. The Kier molecular flexibility index (Phi) is 4.33. The van der Waals surface area contributed by atoms with Crippen molar-refractivity contribution in [2.45, 2.75) is 0 Å². The van der Waals surface area contributed by atoms with Crippen molar-refractivity contribution >= 4 is 46.0 Å². The van der Waals surface area contributed by atoms with E-state index in [-0.39, 0.29) is 22.1 Å². The summed E-state index contributed by atoms with van der Waals surface area (Å²) in [4.78, 5) is 16.5. The van der Waals surface area contributed by atoms with Crippen molar-refractivity contribution in [2.75, 3.05) is 0 Å². The van der Waals surface area contributed by atoms with Crippen LogP contribution in [0.25, 0.3) is 17.0 Å². The Balaban J connectivity index is 1.95. The molecule has 1 aromatic heterocycles. The van der Waals surface area contributed by atoms with Crippen LogP contribution in [0.3, 0.4) is 0 Å². The molecule has 0 aliphatic rings. The van der Waals surface area contributed by atoms with Gasteiger partial charge in [0.15, 0.2) is 5.78 Å². The molecule has 3 nitrogen and oxygen atoms in total. The van der Waals surface area contributed by atoms with Crippen molar-refractivity contribution < 1.29 is 9.90 Å². The van der Waals surface area contributed by atoms with Crippen molar-refractivity contribution in [3.8, 4) is 5.75 Å². The van der Waals surface area contributed by atoms with Gasteiger partial charge in [-0.25, -0.2) is 4.98 Å². The Hall–Kier alpha value is -2.36. The molecule has 0 saturated heterocycles. The molecule has 0 atom stereocenters. The number of phenols is 1. The molecule has 0 bridgehead atoms. The highest BCUT2D eigenvalue weighted by Crippen LogP contribution is 2.28. The fourth-order valence-corrected chi connectivity index (χ4v) is 2.58. The van der Waals surface area contributed by atoms with E-state index in [1.807, 2.05) is 30.3 Å². The van der Waals surface area contributed by atoms with Crippen LogP contribution in [-0.2, 0) is 0 Å². The van der Waals surface area contributed by atoms with E-state index in [1.165, 1.54) is 18.2 Å². The Bertz CT molecular complexity index is 935. The lowest BCUT2D eigenvalue weighted by molar-refractivity contribution is 0.104. The number of aromatic nitrogens is 1. The van der Waals surface area contributed by atoms with E-state index in [1.54, 1.807) is 12.1 Å². The second kappa shape index (κ2) is 6.41. The number of benzene rings is 2. The predicted molar refractivity (Wildman–Crippen MR) is 93.2 cm³/mol. The molecule has 5 heteroatoms. The molecule has 0 unspecified atom stereocenters. The number of carbonyl (C=O) groups is 1. The molecule has 0 saturated carbocycles. The summed E-state index contributed by atoms with van der Waals surface area (Å²) in [6, 6.07) is 14.0. The topological polar surface area (TPSA) is 50.2 Å². The summed E-state index contributed by atoms with van der Waals surface area (Å²) in [6.07, 6.45) is 2.91. The summed E-state index contributed by atoms with van der Waals surface area (Å²) < 4.78 is 0. The van der Waals surface area contributed by atoms with Crippen LogP contribution < -0.4 is 0 Å². The number of pyridine rings is 1. The van der Waals surface area contributed by atoms with Crippen LogP contribution in [0.5, 0.6) is 5.75 Å². The smallest absolute Gasteiger partial charge is 0.189 e. The zero-order valence-corrected chi connectivity index (χ0v) is 13.3. The van der Waals surface area contributed by atoms with E-state index in [0.29, 0.717) is 10.7 Å². The number of rotatable bonds is 3. The first kappa shape index (κ1) is 15.5. The number of fused-ring (bicyclic) bond motifs is 1. The average molecular weight is 344 g/mol. The van der Waals surface area contributed by atoms with Gasteiger partial charge in [-0.1, -0.05) is 47.5 Å². The van der Waals surface area contributed by atoms with Crippen molar-refractivity contribution in [1.29, 1.82) is 0 Å². The molecule has 0 amide bonds. The van der Waals surface area contributed by atoms with Gasteiger partial charge >= 0.3 is 0 Å². The second-order valence-electron chi connectivity index (χ2n) is 4.89. The maximum atomic E-state index is 12.2. The van der Waals surface area contributed by atoms with Gasteiger partial charge in [-0.2, -0.15) is 0 Å². The number of allylic oxidation sites excluding steroid dienone is 1. The lowest BCUT2D eigenvalue weighted by atomic mass is 10.1. The first-order valence-electron chi connectivity index (χ1n) is 6.81. The Morgan fingerprint density at radius 3 is 2.70 bits per heavy atom. The lowest BCUT2D eigenvalue weighted by Gasteiger charge is -2.03. The minimum atomic E-state index is -0.366. The number of phenolic OH excluding ortho intramolecular Hbond substituents is 1. The molecule has 1 heterocycles. The van der Waals surface area contributed by atoms with Gasteiger partial charge in [0.05, 0.1) is 16.1 Å². The molecular weight excluding hydrogens is 333 g/mol. The summed E-state index contributed by atoms with van der Waals surface area (Å²) in [7, 11) is 0. The second-order valence-corrected chi connectivity index (χ2v) is 5.66. The minimum absolute atomic E-state index is 0.134. The molecule has 0 fully saturated rings. The maximum absolute atomic E-state index is 12.2. The highest BCUT2D eigenvalue weighted by atomic mass is 35.5. The molecule has 23 heavy (non-hydrogen) atoms. The zero-order chi connectivity index (χ0) is 16.4. The molecule has 0 aliphatic heterocycles. The van der Waals surface area contributed by atoms with Crippen LogP contribution in [0.15, 0.2) is 54.6 Å². The van der Waals surface area contributed by atoms with Gasteiger partial charge < -0.3 is 5.11 Å². The standard InChI is InChI=1S/C18H11Cl2NO2/c19-14-6-3-5-13(17(14)23)16(22)9-8-12-10-11-4-1-2-7-15(11)21-18(12)20/h1-10,23H/b9-8+. The first-order chi connectivity index (χ1) is 11.1. The quantitative estimate of drug-likeness (QED) is 0.406. The van der Waals surface area contributed by atoms with Crippen molar-refractivity contribution in [2.24, 2.45) is 0 Å². The first-order valence-corrected chi connectivity index (χ1v) is 7.57. The fraction of sp³-hybridized carbons (Fsp3) is 0. The van der Waals surface area contributed by atoms with Gasteiger partial charge in [-0.15, -0.1) is 0 Å². The number of hydrogen-bond donors (Lipinski definition) is 1. The maximum Gasteiger partial charge on any atom is 0.189 e. The van der Waals surface area contributed by atoms with E-state index in [4.69, 9.17) is 23.2 Å². The third kappa shape index (κ3) is 3.21. The molecule has 2 aromatic carbocycles. The van der Waals surface area contributed by atoms with Crippen molar-refractivity contribution in [3.63, 3.8) is 0 Å². The number of hydrogen-bond acceptors (Lipinski definition) is 3. The van der Waals surface area contributed by atoms with Crippen LogP contribution in [0.1, 0.15) is 15.9 Å². The third-order valence-corrected chi connectivity index (χ3v) is 3.98. The average Bonchev–Trinajstić information content (AvgIpc) is 2.55. The largest absolute Gasteiger partial charge is 0.506 e. The Morgan fingerprint density at radius 2 is 1.87 bits per heavy atom. The van der Waals surface area contributed by atoms with E-state index >= 15 is 0 Å². The van der Waals surface area contributed by atoms with E-state index in [9.17, 15) is 9.90 Å². The summed E-state index contributed by atoms with van der Waals surface area (Å²) in [5.41, 5.74) is 1.55. The van der Waals surface area contributed by atoms with Gasteiger partial charge in [0.2, 0.25) is 0 Å². The molecular formula is C18H11Cl2NO2. The van der Waals surface area contributed by atoms with Crippen molar-refractivity contribution in [3.05, 3.63) is 75.9 Å². The van der Waals surface area contributed by atoms with Crippen LogP contribution in [0.2, 0.25) is 10.2 Å². The zero-order valence-electron chi connectivity index (χ0n) is 11.8. The highest BCUT2D eigenvalue weighted by Gasteiger charge is 2.11. The molecule has 0 spiro atoms. The summed E-state index contributed by atoms with van der Waals surface area (Å²) in [6.45, 7) is 0. The predicted octanol–water partition coefficient (Wildman–Crippen LogP) is 5.14. The van der Waals surface area contributed by atoms with Gasteiger partial charge in [0.25, 0.3) is 0 Å². The Labute approximate surface area is 142 Å². The number of para-hydroxylation sites is 2. The Morgan fingerprint density at radius 1 is 1.09 bits per heavy atom. The van der Waals surface area contributed by atoms with E-state index in [2.05, 4.69) is 4.98 Å². The minimum Gasteiger partial charge on any atom is -0.506 e. The van der Waals surface area contributed by atoms with Crippen molar-refractivity contribution in [1.82, 2.24) is 4.98 Å². The summed E-state index contributed by atoms with van der Waals surface area (Å²) in [5.74, 6) is -0.597. The summed E-state index contributed by atoms with van der Waals surface area (Å²) in [5, 5.41) is 11.2. The van der Waals surface area contributed by atoms with Crippen LogP contribution >= 0.6 is 23.2 Å². The number of nitrogens with zero attached hydrogens (tertiary/aromatic N) is 1. The van der Waals surface area contributed by atoms with Gasteiger partial charge in [-0.05, 0) is 36.4 Å². The van der Waals surface area contributed by atoms with Crippen LogP contribution in [0.4, 0.5) is 0 Å². The fourth-order valence-electron chi connectivity index (χ4n) is 2.20. The number of halogens is 2. The monoisotopic (exact) mass is 343 g/mol. The third-order valence-electron chi connectivity index (χ3n) is 3.37. The number of carbonyl (C=O) groups excluding carboxylic acids is 1. The SMILES string of the molecule is O=C(/C=C/c1cc2ccccc2nc1Cl)c1cccc(Cl)c1O. The normalized spacial score (nSPS) is 11.2. The van der Waals surface area contributed by atoms with Crippen LogP contribution in [0, 0.1) is 0 Å². The molecule has 0 radical (unpaired) electrons. The molecule has 0 aliphatic carbocycles. The molecule has 1 N–H and O–H groups in total. The van der Waals surface area contributed by atoms with Gasteiger partial charge in [0.1, 0.15) is 10.9 Å². The van der Waals surface area contributed by atoms with Gasteiger partial charge in [0, 0.05) is 10.9 Å². The molecule has 3 aromatic rings. The van der Waals surface area contributed by atoms with Crippen LogP contribution in [-0.4, -0.2) is 15.9 Å². The lowest BCUT2D eigenvalue weighted by Crippen LogP contribution is -1.95. The van der Waals surface area contributed by atoms with E-state index in [0.717, 1.165) is 10.9 Å². The summed E-state index contributed by atoms with van der Waals surface area (Å²) >= 11 is 12.0. The van der Waals surface area contributed by atoms with Gasteiger partial charge in [-0.3, -0.25) is 4.79 Å². The van der Waals surface area contributed by atoms with E-state index < -0.39 is 0 Å².